The molecule has 2 aromatic carbocycles. The zero-order valence-electron chi connectivity index (χ0n) is 14.5. The lowest BCUT2D eigenvalue weighted by molar-refractivity contribution is 0.314. The van der Waals surface area contributed by atoms with Crippen LogP contribution in [0.4, 0.5) is 0 Å². The first kappa shape index (κ1) is 17.7. The minimum Gasteiger partial charge on any atom is -0.330 e. The topological polar surface area (TPSA) is 42.1 Å². The first-order valence-corrected chi connectivity index (χ1v) is 10.2. The molecule has 2 N–H and O–H groups in total. The van der Waals surface area contributed by atoms with E-state index in [0.717, 1.165) is 47.5 Å². The molecule has 1 saturated heterocycles. The van der Waals surface area contributed by atoms with E-state index in [1.165, 1.54) is 5.56 Å². The number of rotatable bonds is 5. The van der Waals surface area contributed by atoms with Gasteiger partial charge in [0.25, 0.3) is 0 Å². The highest BCUT2D eigenvalue weighted by Gasteiger charge is 2.32. The molecule has 0 radical (unpaired) electrons. The van der Waals surface area contributed by atoms with Crippen molar-refractivity contribution in [2.75, 3.05) is 19.6 Å². The quantitative estimate of drug-likeness (QED) is 0.698. The van der Waals surface area contributed by atoms with E-state index in [1.807, 2.05) is 24.3 Å². The normalized spacial score (nSPS) is 20.5. The molecule has 5 heteroatoms. The van der Waals surface area contributed by atoms with E-state index in [0.29, 0.717) is 11.8 Å². The number of hydrogen-bond donors (Lipinski definition) is 1. The van der Waals surface area contributed by atoms with Crippen molar-refractivity contribution in [1.29, 1.82) is 0 Å². The third-order valence-corrected chi connectivity index (χ3v) is 6.27. The maximum Gasteiger partial charge on any atom is 0.123 e. The van der Waals surface area contributed by atoms with Gasteiger partial charge in [-0.25, -0.2) is 4.98 Å². The summed E-state index contributed by atoms with van der Waals surface area (Å²) < 4.78 is 0. The molecule has 0 spiro atoms. The molecule has 0 aliphatic carbocycles. The van der Waals surface area contributed by atoms with Crippen LogP contribution in [0.2, 0.25) is 5.02 Å². The summed E-state index contributed by atoms with van der Waals surface area (Å²) in [5.74, 6) is 1.02. The molecule has 1 aliphatic heterocycles. The van der Waals surface area contributed by atoms with Crippen LogP contribution in [0, 0.1) is 5.92 Å². The molecule has 1 aromatic heterocycles. The van der Waals surface area contributed by atoms with E-state index in [1.54, 1.807) is 11.3 Å². The molecule has 0 unspecified atom stereocenters. The zero-order chi connectivity index (χ0) is 17.9. The SMILES string of the molecule is NC[C@@H]1CN(Cc2csc(-c3ccc(Cl)cc3)n2)C[C@H]1c1ccccc1. The first-order chi connectivity index (χ1) is 12.7. The molecule has 0 bridgehead atoms. The number of nitrogens with zero attached hydrogens (tertiary/aromatic N) is 2. The molecule has 1 aliphatic rings. The minimum atomic E-state index is 0.506. The van der Waals surface area contributed by atoms with Gasteiger partial charge in [0.15, 0.2) is 0 Å². The van der Waals surface area contributed by atoms with Crippen LogP contribution in [0.15, 0.2) is 60.0 Å². The third kappa shape index (κ3) is 3.84. The fraction of sp³-hybridized carbons (Fsp3) is 0.286. The number of hydrogen-bond acceptors (Lipinski definition) is 4. The largest absolute Gasteiger partial charge is 0.330 e. The van der Waals surface area contributed by atoms with Crippen molar-refractivity contribution >= 4 is 22.9 Å². The lowest BCUT2D eigenvalue weighted by Crippen LogP contribution is -2.23. The highest BCUT2D eigenvalue weighted by atomic mass is 35.5. The Balaban J connectivity index is 1.46. The zero-order valence-corrected chi connectivity index (χ0v) is 16.1. The summed E-state index contributed by atoms with van der Waals surface area (Å²) in [5, 5.41) is 3.96. The number of nitrogens with two attached hydrogens (primary N) is 1. The number of halogens is 1. The van der Waals surface area contributed by atoms with E-state index in [2.05, 4.69) is 40.6 Å². The highest BCUT2D eigenvalue weighted by molar-refractivity contribution is 7.13. The second-order valence-electron chi connectivity index (χ2n) is 6.86. The Morgan fingerprint density at radius 3 is 2.58 bits per heavy atom. The van der Waals surface area contributed by atoms with Gasteiger partial charge < -0.3 is 5.73 Å². The number of likely N-dealkylation sites (tertiary alicyclic amines) is 1. The van der Waals surface area contributed by atoms with Crippen molar-refractivity contribution in [3.8, 4) is 10.6 Å². The van der Waals surface area contributed by atoms with Crippen LogP contribution in [0.3, 0.4) is 0 Å². The molecule has 4 rings (SSSR count). The molecule has 2 atom stereocenters. The van der Waals surface area contributed by atoms with Gasteiger partial charge in [0, 0.05) is 41.5 Å². The van der Waals surface area contributed by atoms with Crippen LogP contribution in [-0.4, -0.2) is 29.5 Å². The number of benzene rings is 2. The fourth-order valence-electron chi connectivity index (χ4n) is 3.74. The van der Waals surface area contributed by atoms with Gasteiger partial charge in [-0.05, 0) is 30.2 Å². The van der Waals surface area contributed by atoms with Crippen LogP contribution < -0.4 is 5.73 Å². The van der Waals surface area contributed by atoms with Crippen molar-refractivity contribution in [3.05, 3.63) is 76.3 Å². The van der Waals surface area contributed by atoms with Gasteiger partial charge >= 0.3 is 0 Å². The van der Waals surface area contributed by atoms with Crippen LogP contribution in [-0.2, 0) is 6.54 Å². The Bertz CT molecular complexity index is 847. The summed E-state index contributed by atoms with van der Waals surface area (Å²) in [6.45, 7) is 3.68. The Morgan fingerprint density at radius 2 is 1.85 bits per heavy atom. The molecule has 2 heterocycles. The number of thiazole rings is 1. The fourth-order valence-corrected chi connectivity index (χ4v) is 4.68. The smallest absolute Gasteiger partial charge is 0.123 e. The van der Waals surface area contributed by atoms with Crippen molar-refractivity contribution in [2.45, 2.75) is 12.5 Å². The van der Waals surface area contributed by atoms with Gasteiger partial charge in [0.2, 0.25) is 0 Å². The van der Waals surface area contributed by atoms with Gasteiger partial charge in [0.05, 0.1) is 5.69 Å². The molecule has 26 heavy (non-hydrogen) atoms. The summed E-state index contributed by atoms with van der Waals surface area (Å²) in [6.07, 6.45) is 0. The molecule has 0 saturated carbocycles. The lowest BCUT2D eigenvalue weighted by atomic mass is 9.89. The molecular formula is C21H22ClN3S. The summed E-state index contributed by atoms with van der Waals surface area (Å²) in [5.41, 5.74) is 9.70. The van der Waals surface area contributed by atoms with Crippen molar-refractivity contribution in [3.63, 3.8) is 0 Å². The Kier molecular flexibility index (Phi) is 5.36. The maximum atomic E-state index is 6.06. The van der Waals surface area contributed by atoms with Gasteiger partial charge in [0.1, 0.15) is 5.01 Å². The van der Waals surface area contributed by atoms with E-state index in [4.69, 9.17) is 22.3 Å². The van der Waals surface area contributed by atoms with Gasteiger partial charge in [-0.1, -0.05) is 54.1 Å². The lowest BCUT2D eigenvalue weighted by Gasteiger charge is -2.16. The van der Waals surface area contributed by atoms with Crippen LogP contribution in [0.5, 0.6) is 0 Å². The summed E-state index contributed by atoms with van der Waals surface area (Å²) in [6, 6.07) is 18.6. The summed E-state index contributed by atoms with van der Waals surface area (Å²) in [7, 11) is 0. The number of aromatic nitrogens is 1. The summed E-state index contributed by atoms with van der Waals surface area (Å²) >= 11 is 7.67. The average Bonchev–Trinajstić information content (AvgIpc) is 3.30. The Hall–Kier alpha value is -1.72. The monoisotopic (exact) mass is 383 g/mol. The standard InChI is InChI=1S/C21H22ClN3S/c22-18-8-6-16(7-9-18)21-24-19(14-26-21)12-25-11-17(10-23)20(13-25)15-4-2-1-3-5-15/h1-9,14,17,20H,10-13,23H2/t17-,20+/m1/s1. The van der Waals surface area contributed by atoms with Crippen LogP contribution >= 0.6 is 22.9 Å². The molecule has 3 nitrogen and oxygen atoms in total. The Labute approximate surface area is 163 Å². The highest BCUT2D eigenvalue weighted by Crippen LogP contribution is 2.33. The second kappa shape index (κ2) is 7.89. The van der Waals surface area contributed by atoms with Gasteiger partial charge in [-0.3, -0.25) is 4.90 Å². The third-order valence-electron chi connectivity index (χ3n) is 5.08. The Morgan fingerprint density at radius 1 is 1.08 bits per heavy atom. The average molecular weight is 384 g/mol. The molecule has 3 aromatic rings. The predicted octanol–water partition coefficient (Wildman–Crippen LogP) is 4.64. The second-order valence-corrected chi connectivity index (χ2v) is 8.15. The minimum absolute atomic E-state index is 0.506. The molecule has 0 amide bonds. The van der Waals surface area contributed by atoms with Crippen molar-refractivity contribution < 1.29 is 0 Å². The molecular weight excluding hydrogens is 362 g/mol. The molecule has 134 valence electrons. The van der Waals surface area contributed by atoms with Crippen molar-refractivity contribution in [1.82, 2.24) is 9.88 Å². The van der Waals surface area contributed by atoms with Crippen LogP contribution in [0.1, 0.15) is 17.2 Å². The van der Waals surface area contributed by atoms with E-state index >= 15 is 0 Å². The first-order valence-electron chi connectivity index (χ1n) is 8.90. The van der Waals surface area contributed by atoms with E-state index < -0.39 is 0 Å². The van der Waals surface area contributed by atoms with Crippen molar-refractivity contribution in [2.24, 2.45) is 11.7 Å². The predicted molar refractivity (Wildman–Crippen MR) is 110 cm³/mol. The molecule has 1 fully saturated rings. The van der Waals surface area contributed by atoms with Gasteiger partial charge in [-0.15, -0.1) is 11.3 Å². The maximum absolute atomic E-state index is 6.06. The van der Waals surface area contributed by atoms with Gasteiger partial charge in [-0.2, -0.15) is 0 Å². The van der Waals surface area contributed by atoms with E-state index in [-0.39, 0.29) is 0 Å². The van der Waals surface area contributed by atoms with Crippen LogP contribution in [0.25, 0.3) is 10.6 Å². The summed E-state index contributed by atoms with van der Waals surface area (Å²) in [4.78, 5) is 7.31. The van der Waals surface area contributed by atoms with E-state index in [9.17, 15) is 0 Å².